The molecule has 0 saturated heterocycles. The Bertz CT molecular complexity index is 1100. The molecule has 2 aromatic carbocycles. The summed E-state index contributed by atoms with van der Waals surface area (Å²) in [5, 5.41) is 13.6. The summed E-state index contributed by atoms with van der Waals surface area (Å²) in [6.07, 6.45) is 1.97. The van der Waals surface area contributed by atoms with Crippen LogP contribution in [0, 0.1) is 0 Å². The number of rotatable bonds is 4. The van der Waals surface area contributed by atoms with E-state index < -0.39 is 11.0 Å². The second kappa shape index (κ2) is 8.18. The van der Waals surface area contributed by atoms with Gasteiger partial charge >= 0.3 is 0 Å². The minimum absolute atomic E-state index is 0. The first kappa shape index (κ1) is 22.5. The van der Waals surface area contributed by atoms with Gasteiger partial charge in [0.25, 0.3) is 5.56 Å². The third-order valence-electron chi connectivity index (χ3n) is 6.79. The van der Waals surface area contributed by atoms with Crippen molar-refractivity contribution in [2.45, 2.75) is 50.2 Å². The first-order valence-corrected chi connectivity index (χ1v) is 10.4. The fraction of sp³-hybridized carbons (Fsp3) is 0.400. The summed E-state index contributed by atoms with van der Waals surface area (Å²) in [5.74, 6) is 0. The summed E-state index contributed by atoms with van der Waals surface area (Å²) in [4.78, 5) is 18.4. The van der Waals surface area contributed by atoms with Crippen molar-refractivity contribution in [1.82, 2.24) is 9.88 Å². The Morgan fingerprint density at radius 1 is 1.07 bits per heavy atom. The lowest BCUT2D eigenvalue weighted by Crippen LogP contribution is -2.54. The van der Waals surface area contributed by atoms with Crippen LogP contribution in [0.1, 0.15) is 43.5 Å². The zero-order valence-electron chi connectivity index (χ0n) is 18.1. The van der Waals surface area contributed by atoms with Gasteiger partial charge in [-0.3, -0.25) is 4.79 Å². The van der Waals surface area contributed by atoms with E-state index >= 15 is 0 Å². The SMILES string of the molecule is CCC(N(C)C)C1(C)CC(O)(c2ccccc2)Cc2c1[nH]c(=O)c1ccccc21.Cl. The molecule has 1 aromatic heterocycles. The maximum Gasteiger partial charge on any atom is 0.256 e. The lowest BCUT2D eigenvalue weighted by Gasteiger charge is -2.50. The van der Waals surface area contributed by atoms with Crippen LogP contribution in [0.4, 0.5) is 0 Å². The van der Waals surface area contributed by atoms with Gasteiger partial charge < -0.3 is 15.0 Å². The highest BCUT2D eigenvalue weighted by molar-refractivity contribution is 5.86. The maximum absolute atomic E-state index is 12.9. The van der Waals surface area contributed by atoms with E-state index in [1.165, 1.54) is 0 Å². The Kier molecular flexibility index (Phi) is 6.15. The van der Waals surface area contributed by atoms with Crippen LogP contribution in [0.3, 0.4) is 0 Å². The number of pyridine rings is 1. The van der Waals surface area contributed by atoms with Crippen molar-refractivity contribution in [1.29, 1.82) is 0 Å². The number of hydrogen-bond donors (Lipinski definition) is 2. The number of hydrogen-bond acceptors (Lipinski definition) is 3. The van der Waals surface area contributed by atoms with Crippen molar-refractivity contribution < 1.29 is 5.11 Å². The molecule has 5 heteroatoms. The highest BCUT2D eigenvalue weighted by Crippen LogP contribution is 2.49. The monoisotopic (exact) mass is 426 g/mol. The maximum atomic E-state index is 12.9. The van der Waals surface area contributed by atoms with Crippen LogP contribution in [0.5, 0.6) is 0 Å². The zero-order valence-corrected chi connectivity index (χ0v) is 18.9. The minimum Gasteiger partial charge on any atom is -0.385 e. The van der Waals surface area contributed by atoms with E-state index in [1.54, 1.807) is 0 Å². The first-order valence-electron chi connectivity index (χ1n) is 10.4. The van der Waals surface area contributed by atoms with Gasteiger partial charge in [0, 0.05) is 29.0 Å². The number of likely N-dealkylation sites (N-methyl/N-ethyl adjacent to an activating group) is 1. The van der Waals surface area contributed by atoms with Crippen LogP contribution in [0.15, 0.2) is 59.4 Å². The smallest absolute Gasteiger partial charge is 0.256 e. The zero-order chi connectivity index (χ0) is 20.8. The molecule has 0 aliphatic heterocycles. The van der Waals surface area contributed by atoms with Crippen LogP contribution >= 0.6 is 12.4 Å². The van der Waals surface area contributed by atoms with E-state index in [0.29, 0.717) is 18.2 Å². The number of halogens is 1. The lowest BCUT2D eigenvalue weighted by atomic mass is 9.61. The van der Waals surface area contributed by atoms with Gasteiger partial charge in [0.05, 0.1) is 5.60 Å². The van der Waals surface area contributed by atoms with Crippen molar-refractivity contribution in [3.63, 3.8) is 0 Å². The van der Waals surface area contributed by atoms with Gasteiger partial charge in [0.2, 0.25) is 0 Å². The molecule has 0 radical (unpaired) electrons. The lowest BCUT2D eigenvalue weighted by molar-refractivity contribution is -0.0220. The molecule has 0 bridgehead atoms. The Balaban J connectivity index is 0.00000256. The molecule has 4 rings (SSSR count). The quantitative estimate of drug-likeness (QED) is 0.650. The number of fused-ring (bicyclic) bond motifs is 3. The van der Waals surface area contributed by atoms with E-state index in [2.05, 4.69) is 37.8 Å². The van der Waals surface area contributed by atoms with Crippen molar-refractivity contribution in [3.8, 4) is 0 Å². The molecule has 1 heterocycles. The number of nitrogens with zero attached hydrogens (tertiary/aromatic N) is 1. The van der Waals surface area contributed by atoms with E-state index in [1.807, 2.05) is 54.6 Å². The number of nitrogens with one attached hydrogen (secondary N) is 1. The summed E-state index contributed by atoms with van der Waals surface area (Å²) < 4.78 is 0. The van der Waals surface area contributed by atoms with Crippen molar-refractivity contribution in [2.75, 3.05) is 14.1 Å². The van der Waals surface area contributed by atoms with Crippen LogP contribution in [-0.4, -0.2) is 35.1 Å². The second-order valence-electron chi connectivity index (χ2n) is 8.91. The predicted molar refractivity (Wildman–Crippen MR) is 126 cm³/mol. The number of benzene rings is 2. The molecular weight excluding hydrogens is 396 g/mol. The highest BCUT2D eigenvalue weighted by Gasteiger charge is 2.50. The summed E-state index contributed by atoms with van der Waals surface area (Å²) in [5.41, 5.74) is 1.51. The molecule has 30 heavy (non-hydrogen) atoms. The van der Waals surface area contributed by atoms with Gasteiger partial charge in [-0.25, -0.2) is 0 Å². The molecule has 160 valence electrons. The molecule has 1 aliphatic carbocycles. The largest absolute Gasteiger partial charge is 0.385 e. The van der Waals surface area contributed by atoms with Crippen LogP contribution in [-0.2, 0) is 17.4 Å². The predicted octanol–water partition coefficient (Wildman–Crippen LogP) is 4.38. The summed E-state index contributed by atoms with van der Waals surface area (Å²) >= 11 is 0. The van der Waals surface area contributed by atoms with Gasteiger partial charge in [-0.2, -0.15) is 0 Å². The first-order chi connectivity index (χ1) is 13.8. The Labute approximate surface area is 184 Å². The molecule has 0 spiro atoms. The number of aromatic amines is 1. The van der Waals surface area contributed by atoms with Crippen LogP contribution in [0.2, 0.25) is 0 Å². The fourth-order valence-corrected chi connectivity index (χ4v) is 5.68. The average Bonchev–Trinajstić information content (AvgIpc) is 2.70. The van der Waals surface area contributed by atoms with Crippen molar-refractivity contribution in [3.05, 3.63) is 81.8 Å². The molecule has 0 saturated carbocycles. The Morgan fingerprint density at radius 3 is 2.27 bits per heavy atom. The van der Waals surface area contributed by atoms with E-state index in [4.69, 9.17) is 0 Å². The average molecular weight is 427 g/mol. The van der Waals surface area contributed by atoms with Gasteiger partial charge in [-0.15, -0.1) is 12.4 Å². The van der Waals surface area contributed by atoms with Gasteiger partial charge in [0.15, 0.2) is 0 Å². The van der Waals surface area contributed by atoms with Crippen LogP contribution < -0.4 is 5.56 Å². The molecule has 0 amide bonds. The van der Waals surface area contributed by atoms with E-state index in [0.717, 1.165) is 28.6 Å². The third-order valence-corrected chi connectivity index (χ3v) is 6.79. The van der Waals surface area contributed by atoms with Gasteiger partial charge in [-0.05, 0) is 49.5 Å². The molecule has 0 fully saturated rings. The van der Waals surface area contributed by atoms with E-state index in [-0.39, 0.29) is 24.0 Å². The molecule has 3 atom stereocenters. The molecule has 2 N–H and O–H groups in total. The van der Waals surface area contributed by atoms with Crippen molar-refractivity contribution in [2.24, 2.45) is 0 Å². The number of aliphatic hydroxyl groups is 1. The van der Waals surface area contributed by atoms with Crippen LogP contribution in [0.25, 0.3) is 10.8 Å². The summed E-state index contributed by atoms with van der Waals surface area (Å²) in [7, 11) is 4.16. The Hall–Kier alpha value is -2.14. The minimum atomic E-state index is -0.993. The number of aromatic nitrogens is 1. The molecule has 4 nitrogen and oxygen atoms in total. The summed E-state index contributed by atoms with van der Waals surface area (Å²) in [6, 6.07) is 17.9. The van der Waals surface area contributed by atoms with E-state index in [9.17, 15) is 9.90 Å². The second-order valence-corrected chi connectivity index (χ2v) is 8.91. The standard InChI is InChI=1S/C25H30N2O2.ClH/c1-5-21(27(3)4)24(2)16-25(29,17-11-7-6-8-12-17)15-20-18-13-9-10-14-19(18)23(28)26-22(20)24;/h6-14,21,29H,5,15-16H2,1-4H3,(H,26,28);1H. The van der Waals surface area contributed by atoms with Gasteiger partial charge in [-0.1, -0.05) is 62.4 Å². The third kappa shape index (κ3) is 3.47. The number of H-pyrrole nitrogens is 1. The summed E-state index contributed by atoms with van der Waals surface area (Å²) in [6.45, 7) is 4.36. The Morgan fingerprint density at radius 2 is 1.67 bits per heavy atom. The molecule has 3 unspecified atom stereocenters. The highest BCUT2D eigenvalue weighted by atomic mass is 35.5. The molecular formula is C25H31ClN2O2. The fourth-order valence-electron chi connectivity index (χ4n) is 5.68. The molecule has 1 aliphatic rings. The normalized spacial score (nSPS) is 24.3. The van der Waals surface area contributed by atoms with Crippen molar-refractivity contribution >= 4 is 23.2 Å². The topological polar surface area (TPSA) is 56.3 Å². The molecule has 3 aromatic rings. The van der Waals surface area contributed by atoms with Gasteiger partial charge in [0.1, 0.15) is 0 Å².